The standard InChI is InChI=1S/C24H31F3N2O2/c1-23(2,3)19-10-6-12-21(30-4)18(19)15-29-20-11-7-13-28-22(20)16-8-5-9-17(14-16)31-24(25,26)27/h5-6,8-10,12,14,20,22,28-29H,7,11,13,15H2,1-4H3/t20-,22-/m0/s1. The number of ether oxygens (including phenoxy) is 2. The van der Waals surface area contributed by atoms with Crippen molar-refractivity contribution in [3.63, 3.8) is 0 Å². The Labute approximate surface area is 182 Å². The van der Waals surface area contributed by atoms with Crippen LogP contribution in [0.3, 0.4) is 0 Å². The van der Waals surface area contributed by atoms with E-state index in [0.717, 1.165) is 36.3 Å². The zero-order chi connectivity index (χ0) is 22.6. The molecule has 31 heavy (non-hydrogen) atoms. The lowest BCUT2D eigenvalue weighted by Gasteiger charge is -2.35. The third-order valence-corrected chi connectivity index (χ3v) is 5.61. The molecule has 1 heterocycles. The summed E-state index contributed by atoms with van der Waals surface area (Å²) in [6, 6.07) is 12.3. The SMILES string of the molecule is COc1cccc(C(C)(C)C)c1CN[C@H]1CCCN[C@H]1c1cccc(OC(F)(F)F)c1. The molecule has 2 N–H and O–H groups in total. The predicted octanol–water partition coefficient (Wildman–Crippen LogP) is 5.47. The van der Waals surface area contributed by atoms with Crippen molar-refractivity contribution in [2.75, 3.05) is 13.7 Å². The van der Waals surface area contributed by atoms with Gasteiger partial charge in [0.25, 0.3) is 0 Å². The molecule has 0 spiro atoms. The second-order valence-electron chi connectivity index (χ2n) is 8.92. The molecule has 170 valence electrons. The molecule has 0 saturated carbocycles. The summed E-state index contributed by atoms with van der Waals surface area (Å²) in [6.07, 6.45) is -2.80. The fraction of sp³-hybridized carbons (Fsp3) is 0.500. The molecule has 0 aliphatic carbocycles. The summed E-state index contributed by atoms with van der Waals surface area (Å²) in [6.45, 7) is 7.93. The Morgan fingerprint density at radius 2 is 1.84 bits per heavy atom. The second kappa shape index (κ2) is 9.49. The van der Waals surface area contributed by atoms with Gasteiger partial charge in [-0.1, -0.05) is 45.0 Å². The van der Waals surface area contributed by atoms with Crippen LogP contribution in [0.25, 0.3) is 0 Å². The van der Waals surface area contributed by atoms with E-state index in [0.29, 0.717) is 6.54 Å². The Bertz CT molecular complexity index is 878. The minimum atomic E-state index is -4.70. The molecule has 1 fully saturated rings. The summed E-state index contributed by atoms with van der Waals surface area (Å²) < 4.78 is 47.7. The average Bonchev–Trinajstić information content (AvgIpc) is 2.70. The van der Waals surface area contributed by atoms with E-state index in [9.17, 15) is 13.2 Å². The second-order valence-corrected chi connectivity index (χ2v) is 8.92. The van der Waals surface area contributed by atoms with Gasteiger partial charge < -0.3 is 20.1 Å². The highest BCUT2D eigenvalue weighted by Gasteiger charge is 2.32. The number of methoxy groups -OCH3 is 1. The highest BCUT2D eigenvalue weighted by molar-refractivity contribution is 5.43. The van der Waals surface area contributed by atoms with E-state index in [1.165, 1.54) is 17.7 Å². The van der Waals surface area contributed by atoms with E-state index >= 15 is 0 Å². The number of rotatable bonds is 6. The van der Waals surface area contributed by atoms with Crippen LogP contribution in [0, 0.1) is 0 Å². The largest absolute Gasteiger partial charge is 0.573 e. The maximum Gasteiger partial charge on any atom is 0.573 e. The molecule has 1 saturated heterocycles. The van der Waals surface area contributed by atoms with Crippen LogP contribution in [-0.2, 0) is 12.0 Å². The zero-order valence-corrected chi connectivity index (χ0v) is 18.5. The van der Waals surface area contributed by atoms with Gasteiger partial charge in [0, 0.05) is 24.2 Å². The molecule has 2 aromatic rings. The fourth-order valence-corrected chi connectivity index (χ4v) is 4.24. The van der Waals surface area contributed by atoms with Crippen molar-refractivity contribution < 1.29 is 22.6 Å². The molecular weight excluding hydrogens is 405 g/mol. The number of halogens is 3. The maximum absolute atomic E-state index is 12.6. The molecular formula is C24H31F3N2O2. The molecule has 7 heteroatoms. The van der Waals surface area contributed by atoms with Crippen LogP contribution in [0.4, 0.5) is 13.2 Å². The van der Waals surface area contributed by atoms with Crippen LogP contribution in [0.1, 0.15) is 56.3 Å². The van der Waals surface area contributed by atoms with Crippen molar-refractivity contribution in [3.05, 3.63) is 59.2 Å². The molecule has 0 unspecified atom stereocenters. The smallest absolute Gasteiger partial charge is 0.496 e. The quantitative estimate of drug-likeness (QED) is 0.630. The first-order chi connectivity index (χ1) is 14.6. The van der Waals surface area contributed by atoms with Crippen LogP contribution in [0.2, 0.25) is 0 Å². The molecule has 2 atom stereocenters. The van der Waals surface area contributed by atoms with Crippen LogP contribution in [-0.4, -0.2) is 26.1 Å². The number of nitrogens with one attached hydrogen (secondary N) is 2. The third-order valence-electron chi connectivity index (χ3n) is 5.61. The summed E-state index contributed by atoms with van der Waals surface area (Å²) in [7, 11) is 1.67. The molecule has 2 aromatic carbocycles. The normalized spacial score (nSPS) is 19.8. The summed E-state index contributed by atoms with van der Waals surface area (Å²) in [4.78, 5) is 0. The molecule has 0 bridgehead atoms. The average molecular weight is 437 g/mol. The number of hydrogen-bond donors (Lipinski definition) is 2. The molecule has 1 aliphatic heterocycles. The number of hydrogen-bond acceptors (Lipinski definition) is 4. The molecule has 0 aromatic heterocycles. The first kappa shape index (κ1) is 23.4. The number of piperidine rings is 1. The van der Waals surface area contributed by atoms with E-state index in [1.54, 1.807) is 13.2 Å². The number of benzene rings is 2. The lowest BCUT2D eigenvalue weighted by atomic mass is 9.83. The highest BCUT2D eigenvalue weighted by Crippen LogP contribution is 2.33. The third kappa shape index (κ3) is 6.14. The van der Waals surface area contributed by atoms with Gasteiger partial charge in [-0.15, -0.1) is 13.2 Å². The topological polar surface area (TPSA) is 42.5 Å². The molecule has 0 amide bonds. The molecule has 4 nitrogen and oxygen atoms in total. The Kier molecular flexibility index (Phi) is 7.17. The van der Waals surface area contributed by atoms with E-state index in [4.69, 9.17) is 4.74 Å². The van der Waals surface area contributed by atoms with Crippen molar-refractivity contribution in [3.8, 4) is 11.5 Å². The lowest BCUT2D eigenvalue weighted by molar-refractivity contribution is -0.274. The van der Waals surface area contributed by atoms with Crippen LogP contribution in [0.5, 0.6) is 11.5 Å². The van der Waals surface area contributed by atoms with Gasteiger partial charge in [-0.2, -0.15) is 0 Å². The highest BCUT2D eigenvalue weighted by atomic mass is 19.4. The number of alkyl halides is 3. The van der Waals surface area contributed by atoms with Gasteiger partial charge in [0.1, 0.15) is 11.5 Å². The predicted molar refractivity (Wildman–Crippen MR) is 115 cm³/mol. The minimum absolute atomic E-state index is 0.0426. The zero-order valence-electron chi connectivity index (χ0n) is 18.5. The van der Waals surface area contributed by atoms with Gasteiger partial charge in [-0.05, 0) is 54.1 Å². The summed E-state index contributed by atoms with van der Waals surface area (Å²) in [5.74, 6) is 0.636. The Balaban J connectivity index is 1.81. The van der Waals surface area contributed by atoms with E-state index in [-0.39, 0.29) is 23.2 Å². The lowest BCUT2D eigenvalue weighted by Crippen LogP contribution is -2.45. The van der Waals surface area contributed by atoms with Crippen molar-refractivity contribution in [1.82, 2.24) is 10.6 Å². The molecule has 1 aliphatic rings. The van der Waals surface area contributed by atoms with Gasteiger partial charge in [-0.25, -0.2) is 0 Å². The Morgan fingerprint density at radius 3 is 2.52 bits per heavy atom. The summed E-state index contributed by atoms with van der Waals surface area (Å²) in [5, 5.41) is 7.09. The molecule has 3 rings (SSSR count). The van der Waals surface area contributed by atoms with Gasteiger partial charge >= 0.3 is 6.36 Å². The first-order valence-corrected chi connectivity index (χ1v) is 10.6. The molecule has 0 radical (unpaired) electrons. The van der Waals surface area contributed by atoms with Crippen LogP contribution >= 0.6 is 0 Å². The van der Waals surface area contributed by atoms with Crippen molar-refractivity contribution in [1.29, 1.82) is 0 Å². The Hall–Kier alpha value is -2.25. The van der Waals surface area contributed by atoms with Gasteiger partial charge in [-0.3, -0.25) is 0 Å². The van der Waals surface area contributed by atoms with Gasteiger partial charge in [0.15, 0.2) is 0 Å². The fourth-order valence-electron chi connectivity index (χ4n) is 4.24. The van der Waals surface area contributed by atoms with Crippen molar-refractivity contribution in [2.24, 2.45) is 0 Å². The van der Waals surface area contributed by atoms with Crippen LogP contribution in [0.15, 0.2) is 42.5 Å². The minimum Gasteiger partial charge on any atom is -0.496 e. The maximum atomic E-state index is 12.6. The van der Waals surface area contributed by atoms with E-state index < -0.39 is 6.36 Å². The monoisotopic (exact) mass is 436 g/mol. The van der Waals surface area contributed by atoms with Gasteiger partial charge in [0.05, 0.1) is 7.11 Å². The van der Waals surface area contributed by atoms with E-state index in [1.807, 2.05) is 18.2 Å². The van der Waals surface area contributed by atoms with E-state index in [2.05, 4.69) is 42.2 Å². The van der Waals surface area contributed by atoms with Gasteiger partial charge in [0.2, 0.25) is 0 Å². The van der Waals surface area contributed by atoms with Crippen molar-refractivity contribution >= 4 is 0 Å². The first-order valence-electron chi connectivity index (χ1n) is 10.6. The van der Waals surface area contributed by atoms with Crippen molar-refractivity contribution in [2.45, 2.75) is 64.0 Å². The Morgan fingerprint density at radius 1 is 1.10 bits per heavy atom. The summed E-state index contributed by atoms with van der Waals surface area (Å²) in [5.41, 5.74) is 3.05. The summed E-state index contributed by atoms with van der Waals surface area (Å²) >= 11 is 0. The van der Waals surface area contributed by atoms with Crippen LogP contribution < -0.4 is 20.1 Å².